The van der Waals surface area contributed by atoms with Gasteiger partial charge in [0.25, 0.3) is 0 Å². The van der Waals surface area contributed by atoms with Gasteiger partial charge in [-0.15, -0.1) is 0 Å². The van der Waals surface area contributed by atoms with Crippen LogP contribution in [0.25, 0.3) is 0 Å². The topological polar surface area (TPSA) is 21.3 Å². The average Bonchev–Trinajstić information content (AvgIpc) is 2.34. The molecule has 1 aromatic carbocycles. The van der Waals surface area contributed by atoms with Gasteiger partial charge in [-0.2, -0.15) is 0 Å². The van der Waals surface area contributed by atoms with Crippen molar-refractivity contribution in [3.8, 4) is 0 Å². The third kappa shape index (κ3) is 7.28. The molecule has 1 N–H and O–H groups in total. The minimum atomic E-state index is -0.156. The predicted molar refractivity (Wildman–Crippen MR) is 77.8 cm³/mol. The summed E-state index contributed by atoms with van der Waals surface area (Å²) >= 11 is 0. The molecule has 0 heterocycles. The van der Waals surface area contributed by atoms with E-state index in [1.807, 2.05) is 13.1 Å². The van der Waals surface area contributed by atoms with Crippen LogP contribution >= 0.6 is 0 Å². The van der Waals surface area contributed by atoms with E-state index in [0.717, 1.165) is 38.2 Å². The Morgan fingerprint density at radius 1 is 1.32 bits per heavy atom. The van der Waals surface area contributed by atoms with Crippen molar-refractivity contribution in [1.29, 1.82) is 0 Å². The van der Waals surface area contributed by atoms with Crippen molar-refractivity contribution in [2.24, 2.45) is 11.8 Å². The molecule has 0 aliphatic rings. The molecule has 0 aliphatic carbocycles. The normalized spacial score (nSPS) is 12.9. The van der Waals surface area contributed by atoms with Crippen LogP contribution in [0, 0.1) is 17.7 Å². The second kappa shape index (κ2) is 9.05. The summed E-state index contributed by atoms with van der Waals surface area (Å²) in [6.45, 7) is 6.82. The number of ether oxygens (including phenoxy) is 1. The highest BCUT2D eigenvalue weighted by Crippen LogP contribution is 2.13. The van der Waals surface area contributed by atoms with Gasteiger partial charge < -0.3 is 10.1 Å². The first-order valence-corrected chi connectivity index (χ1v) is 7.08. The molecule has 1 aromatic rings. The van der Waals surface area contributed by atoms with Crippen LogP contribution in [0.5, 0.6) is 0 Å². The lowest BCUT2D eigenvalue weighted by Gasteiger charge is -2.17. The number of halogens is 1. The van der Waals surface area contributed by atoms with Crippen molar-refractivity contribution in [1.82, 2.24) is 5.32 Å². The lowest BCUT2D eigenvalue weighted by atomic mass is 9.96. The molecule has 0 spiro atoms. The van der Waals surface area contributed by atoms with Crippen molar-refractivity contribution in [2.45, 2.75) is 26.7 Å². The monoisotopic (exact) mass is 267 g/mol. The molecule has 2 nitrogen and oxygen atoms in total. The van der Waals surface area contributed by atoms with Crippen LogP contribution in [-0.2, 0) is 11.2 Å². The fraction of sp³-hybridized carbons (Fsp3) is 0.625. The van der Waals surface area contributed by atoms with Crippen LogP contribution in [-0.4, -0.2) is 26.8 Å². The van der Waals surface area contributed by atoms with Crippen LogP contribution in [0.1, 0.15) is 25.8 Å². The summed E-state index contributed by atoms with van der Waals surface area (Å²) < 4.78 is 18.8. The van der Waals surface area contributed by atoms with Gasteiger partial charge in [0.1, 0.15) is 5.82 Å². The van der Waals surface area contributed by atoms with Crippen LogP contribution in [0.2, 0.25) is 0 Å². The van der Waals surface area contributed by atoms with Gasteiger partial charge in [0, 0.05) is 13.2 Å². The van der Waals surface area contributed by atoms with Crippen molar-refractivity contribution in [2.75, 3.05) is 26.8 Å². The van der Waals surface area contributed by atoms with Gasteiger partial charge in [-0.05, 0) is 56.0 Å². The molecule has 0 bridgehead atoms. The van der Waals surface area contributed by atoms with E-state index in [4.69, 9.17) is 4.74 Å². The van der Waals surface area contributed by atoms with Gasteiger partial charge in [-0.3, -0.25) is 0 Å². The highest BCUT2D eigenvalue weighted by atomic mass is 19.1. The second-order valence-electron chi connectivity index (χ2n) is 5.52. The maximum atomic E-state index is 13.2. The Bertz CT molecular complexity index is 354. The minimum absolute atomic E-state index is 0.156. The van der Waals surface area contributed by atoms with Gasteiger partial charge in [0.15, 0.2) is 0 Å². The molecule has 19 heavy (non-hydrogen) atoms. The molecular weight excluding hydrogens is 241 g/mol. The molecule has 0 amide bonds. The summed E-state index contributed by atoms with van der Waals surface area (Å²) in [7, 11) is 1.95. The highest BCUT2D eigenvalue weighted by molar-refractivity contribution is 5.16. The molecule has 108 valence electrons. The molecule has 1 atom stereocenters. The third-order valence-corrected chi connectivity index (χ3v) is 3.03. The summed E-state index contributed by atoms with van der Waals surface area (Å²) in [5, 5.41) is 3.20. The zero-order valence-corrected chi connectivity index (χ0v) is 12.3. The molecule has 0 aliphatic heterocycles. The Hall–Kier alpha value is -0.930. The Labute approximate surface area is 116 Å². The van der Waals surface area contributed by atoms with E-state index in [2.05, 4.69) is 19.2 Å². The summed E-state index contributed by atoms with van der Waals surface area (Å²) in [6.07, 6.45) is 1.90. The Kier molecular flexibility index (Phi) is 7.68. The number of benzene rings is 1. The fourth-order valence-electron chi connectivity index (χ4n) is 2.13. The first-order valence-electron chi connectivity index (χ1n) is 7.08. The lowest BCUT2D eigenvalue weighted by Crippen LogP contribution is -2.22. The van der Waals surface area contributed by atoms with E-state index in [-0.39, 0.29) is 5.82 Å². The van der Waals surface area contributed by atoms with Gasteiger partial charge in [-0.25, -0.2) is 4.39 Å². The molecule has 1 rings (SSSR count). The lowest BCUT2D eigenvalue weighted by molar-refractivity contribution is 0.0978. The van der Waals surface area contributed by atoms with E-state index in [0.29, 0.717) is 11.8 Å². The smallest absolute Gasteiger partial charge is 0.123 e. The largest absolute Gasteiger partial charge is 0.381 e. The van der Waals surface area contributed by atoms with Crippen molar-refractivity contribution < 1.29 is 9.13 Å². The zero-order valence-electron chi connectivity index (χ0n) is 12.3. The number of hydrogen-bond acceptors (Lipinski definition) is 2. The number of hydrogen-bond donors (Lipinski definition) is 1. The molecule has 0 saturated heterocycles. The van der Waals surface area contributed by atoms with Gasteiger partial charge >= 0.3 is 0 Å². The first kappa shape index (κ1) is 16.1. The van der Waals surface area contributed by atoms with E-state index >= 15 is 0 Å². The maximum Gasteiger partial charge on any atom is 0.123 e. The molecule has 0 fully saturated rings. The van der Waals surface area contributed by atoms with Crippen molar-refractivity contribution in [3.63, 3.8) is 0 Å². The quantitative estimate of drug-likeness (QED) is 0.693. The molecule has 0 saturated carbocycles. The molecular formula is C16H26FNO. The zero-order chi connectivity index (χ0) is 14.1. The standard InChI is InChI=1S/C16H26FNO/c1-13(2)12-19-8-7-15(11-18-3)9-14-5-4-6-16(17)10-14/h4-6,10,13,15,18H,7-9,11-12H2,1-3H3. The van der Waals surface area contributed by atoms with Crippen LogP contribution < -0.4 is 5.32 Å². The van der Waals surface area contributed by atoms with Crippen molar-refractivity contribution >= 4 is 0 Å². The van der Waals surface area contributed by atoms with Crippen molar-refractivity contribution in [3.05, 3.63) is 35.6 Å². The maximum absolute atomic E-state index is 13.2. The number of nitrogens with one attached hydrogen (secondary N) is 1. The predicted octanol–water partition coefficient (Wildman–Crippen LogP) is 3.27. The SMILES string of the molecule is CNCC(CCOCC(C)C)Cc1cccc(F)c1. The van der Waals surface area contributed by atoms with Crippen LogP contribution in [0.3, 0.4) is 0 Å². The molecule has 1 unspecified atom stereocenters. The molecule has 3 heteroatoms. The Morgan fingerprint density at radius 3 is 2.74 bits per heavy atom. The number of rotatable bonds is 9. The van der Waals surface area contributed by atoms with E-state index < -0.39 is 0 Å². The van der Waals surface area contributed by atoms with E-state index in [9.17, 15) is 4.39 Å². The summed E-state index contributed by atoms with van der Waals surface area (Å²) in [6, 6.07) is 6.87. The molecule has 0 radical (unpaired) electrons. The Morgan fingerprint density at radius 2 is 2.11 bits per heavy atom. The van der Waals surface area contributed by atoms with Gasteiger partial charge in [-0.1, -0.05) is 26.0 Å². The van der Waals surface area contributed by atoms with Gasteiger partial charge in [0.05, 0.1) is 0 Å². The summed E-state index contributed by atoms with van der Waals surface area (Å²) in [4.78, 5) is 0. The second-order valence-corrected chi connectivity index (χ2v) is 5.52. The third-order valence-electron chi connectivity index (χ3n) is 3.03. The van der Waals surface area contributed by atoms with E-state index in [1.54, 1.807) is 12.1 Å². The average molecular weight is 267 g/mol. The van der Waals surface area contributed by atoms with E-state index in [1.165, 1.54) is 6.07 Å². The van der Waals surface area contributed by atoms with Gasteiger partial charge in [0.2, 0.25) is 0 Å². The molecule has 0 aromatic heterocycles. The fourth-order valence-corrected chi connectivity index (χ4v) is 2.13. The summed E-state index contributed by atoms with van der Waals surface area (Å²) in [5.74, 6) is 0.904. The first-order chi connectivity index (χ1) is 9.11. The summed E-state index contributed by atoms with van der Waals surface area (Å²) in [5.41, 5.74) is 1.06. The highest BCUT2D eigenvalue weighted by Gasteiger charge is 2.10. The van der Waals surface area contributed by atoms with Crippen LogP contribution in [0.4, 0.5) is 4.39 Å². The Balaban J connectivity index is 2.39. The van der Waals surface area contributed by atoms with Crippen LogP contribution in [0.15, 0.2) is 24.3 Å². The minimum Gasteiger partial charge on any atom is -0.381 e.